The number of hydrogen-bond acceptors (Lipinski definition) is 3. The van der Waals surface area contributed by atoms with Crippen molar-refractivity contribution in [3.05, 3.63) is 70.8 Å². The lowest BCUT2D eigenvalue weighted by Gasteiger charge is -2.15. The Morgan fingerprint density at radius 1 is 1.08 bits per heavy atom. The van der Waals surface area contributed by atoms with Crippen LogP contribution in [0, 0.1) is 11.6 Å². The van der Waals surface area contributed by atoms with Crippen molar-refractivity contribution in [3.8, 4) is 0 Å². The van der Waals surface area contributed by atoms with E-state index in [1.807, 2.05) is 47.8 Å². The molecule has 0 radical (unpaired) electrons. The summed E-state index contributed by atoms with van der Waals surface area (Å²) in [6.45, 7) is 1.74. The second-order valence-corrected chi connectivity index (χ2v) is 8.29. The van der Waals surface area contributed by atoms with Gasteiger partial charge in [0.15, 0.2) is 11.6 Å². The summed E-state index contributed by atoms with van der Waals surface area (Å²) in [5.74, 6) is 0.276. The molecule has 3 rings (SSSR count). The Morgan fingerprint density at radius 3 is 2.38 bits per heavy atom. The lowest BCUT2D eigenvalue weighted by molar-refractivity contribution is 0.0940. The third-order valence-electron chi connectivity index (χ3n) is 3.86. The monoisotopic (exact) mass is 365 g/mol. The molecular weight excluding hydrogens is 348 g/mol. The average molecular weight is 365 g/mol. The molecule has 0 spiro atoms. The molecule has 1 atom stereocenters. The number of rotatable bonds is 4. The van der Waals surface area contributed by atoms with Crippen LogP contribution < -0.4 is 5.32 Å². The van der Waals surface area contributed by atoms with Crippen molar-refractivity contribution in [3.63, 3.8) is 0 Å². The standard InChI is InChI=1S/C18H17F2NOS2/c1-11(14-6-7-15(19)16(20)10-14)21-17(22)12-2-4-13(5-3-12)18-23-8-9-24-18/h2-7,10-11,18H,8-9H2,1H3,(H,21,22). The van der Waals surface area contributed by atoms with Crippen LogP contribution in [0.3, 0.4) is 0 Å². The molecule has 0 saturated carbocycles. The van der Waals surface area contributed by atoms with Gasteiger partial charge in [-0.15, -0.1) is 23.5 Å². The molecule has 2 nitrogen and oxygen atoms in total. The number of carbonyl (C=O) groups excluding carboxylic acids is 1. The molecule has 0 bridgehead atoms. The van der Waals surface area contributed by atoms with Crippen LogP contribution in [0.4, 0.5) is 8.78 Å². The summed E-state index contributed by atoms with van der Waals surface area (Å²) in [6.07, 6.45) is 0. The Bertz CT molecular complexity index is 730. The summed E-state index contributed by atoms with van der Waals surface area (Å²) in [4.78, 5) is 12.3. The van der Waals surface area contributed by atoms with Crippen LogP contribution in [0.2, 0.25) is 0 Å². The lowest BCUT2D eigenvalue weighted by atomic mass is 10.1. The first-order valence-corrected chi connectivity index (χ1v) is 9.73. The van der Waals surface area contributed by atoms with Crippen molar-refractivity contribution >= 4 is 29.4 Å². The maximum absolute atomic E-state index is 13.3. The first kappa shape index (κ1) is 17.3. The van der Waals surface area contributed by atoms with E-state index in [1.165, 1.54) is 11.6 Å². The molecule has 1 N–H and O–H groups in total. The summed E-state index contributed by atoms with van der Waals surface area (Å²) in [5, 5.41) is 2.81. The number of benzene rings is 2. The van der Waals surface area contributed by atoms with Gasteiger partial charge >= 0.3 is 0 Å². The SMILES string of the molecule is CC(NC(=O)c1ccc(C2SCCS2)cc1)c1ccc(F)c(F)c1. The molecule has 6 heteroatoms. The minimum absolute atomic E-state index is 0.231. The largest absolute Gasteiger partial charge is 0.346 e. The zero-order valence-corrected chi connectivity index (χ0v) is 14.7. The molecule has 2 aromatic carbocycles. The molecular formula is C18H17F2NOS2. The first-order valence-electron chi connectivity index (χ1n) is 7.63. The van der Waals surface area contributed by atoms with Crippen LogP contribution in [0.1, 0.15) is 39.0 Å². The van der Waals surface area contributed by atoms with Crippen molar-refractivity contribution in [1.82, 2.24) is 5.32 Å². The van der Waals surface area contributed by atoms with Crippen LogP contribution in [-0.4, -0.2) is 17.4 Å². The highest BCUT2D eigenvalue weighted by molar-refractivity contribution is 8.19. The van der Waals surface area contributed by atoms with E-state index in [-0.39, 0.29) is 5.91 Å². The van der Waals surface area contributed by atoms with Gasteiger partial charge in [-0.05, 0) is 42.3 Å². The number of halogens is 2. The minimum Gasteiger partial charge on any atom is -0.346 e. The van der Waals surface area contributed by atoms with Gasteiger partial charge in [-0.25, -0.2) is 8.78 Å². The van der Waals surface area contributed by atoms with Gasteiger partial charge in [-0.2, -0.15) is 0 Å². The minimum atomic E-state index is -0.912. The number of nitrogens with one attached hydrogen (secondary N) is 1. The third kappa shape index (κ3) is 3.92. The Balaban J connectivity index is 1.66. The van der Waals surface area contributed by atoms with E-state index < -0.39 is 17.7 Å². The Morgan fingerprint density at radius 2 is 1.75 bits per heavy atom. The molecule has 1 aliphatic rings. The number of carbonyl (C=O) groups is 1. The van der Waals surface area contributed by atoms with Crippen molar-refractivity contribution < 1.29 is 13.6 Å². The summed E-state index contributed by atoms with van der Waals surface area (Å²) in [7, 11) is 0. The number of amides is 1. The molecule has 24 heavy (non-hydrogen) atoms. The van der Waals surface area contributed by atoms with Crippen molar-refractivity contribution in [1.29, 1.82) is 0 Å². The van der Waals surface area contributed by atoms with E-state index in [2.05, 4.69) is 5.32 Å². The second kappa shape index (κ2) is 7.57. The normalized spacial score (nSPS) is 16.1. The highest BCUT2D eigenvalue weighted by atomic mass is 32.2. The van der Waals surface area contributed by atoms with Crippen molar-refractivity contribution in [2.24, 2.45) is 0 Å². The zero-order chi connectivity index (χ0) is 17.1. The van der Waals surface area contributed by atoms with Gasteiger partial charge in [0.1, 0.15) is 0 Å². The van der Waals surface area contributed by atoms with Crippen LogP contribution >= 0.6 is 23.5 Å². The van der Waals surface area contributed by atoms with Crippen molar-refractivity contribution in [2.45, 2.75) is 17.5 Å². The summed E-state index contributed by atoms with van der Waals surface area (Å²) < 4.78 is 26.7. The summed E-state index contributed by atoms with van der Waals surface area (Å²) in [5.41, 5.74) is 2.30. The predicted octanol–water partition coefficient (Wildman–Crippen LogP) is 4.93. The van der Waals surface area contributed by atoms with Crippen molar-refractivity contribution in [2.75, 3.05) is 11.5 Å². The summed E-state index contributed by atoms with van der Waals surface area (Å²) >= 11 is 3.83. The predicted molar refractivity (Wildman–Crippen MR) is 96.3 cm³/mol. The molecule has 0 aromatic heterocycles. The Hall–Kier alpha value is -1.53. The maximum Gasteiger partial charge on any atom is 0.251 e. The fourth-order valence-electron chi connectivity index (χ4n) is 2.49. The smallest absolute Gasteiger partial charge is 0.251 e. The number of thioether (sulfide) groups is 2. The lowest BCUT2D eigenvalue weighted by Crippen LogP contribution is -2.26. The molecule has 1 saturated heterocycles. The van der Waals surface area contributed by atoms with Gasteiger partial charge in [-0.3, -0.25) is 4.79 Å². The maximum atomic E-state index is 13.3. The Labute approximate surface area is 148 Å². The quantitative estimate of drug-likeness (QED) is 0.833. The molecule has 1 aliphatic heterocycles. The molecule has 1 heterocycles. The highest BCUT2D eigenvalue weighted by Crippen LogP contribution is 2.45. The number of hydrogen-bond donors (Lipinski definition) is 1. The van der Waals surface area contributed by atoms with Gasteiger partial charge in [0.05, 0.1) is 10.6 Å². The molecule has 2 aromatic rings. The van der Waals surface area contributed by atoms with Gasteiger partial charge in [0.25, 0.3) is 5.91 Å². The summed E-state index contributed by atoms with van der Waals surface area (Å²) in [6, 6.07) is 10.8. The molecule has 0 aliphatic carbocycles. The highest BCUT2D eigenvalue weighted by Gasteiger charge is 2.19. The second-order valence-electron chi connectivity index (χ2n) is 5.56. The van der Waals surface area contributed by atoms with E-state index in [9.17, 15) is 13.6 Å². The van der Waals surface area contributed by atoms with Gasteiger partial charge < -0.3 is 5.32 Å². The first-order chi connectivity index (χ1) is 11.5. The topological polar surface area (TPSA) is 29.1 Å². The van der Waals surface area contributed by atoms with Crippen LogP contribution in [0.5, 0.6) is 0 Å². The fraction of sp³-hybridized carbons (Fsp3) is 0.278. The van der Waals surface area contributed by atoms with Gasteiger partial charge in [-0.1, -0.05) is 18.2 Å². The van der Waals surface area contributed by atoms with E-state index in [0.717, 1.165) is 23.6 Å². The van der Waals surface area contributed by atoms with Crippen LogP contribution in [0.25, 0.3) is 0 Å². The Kier molecular flexibility index (Phi) is 5.46. The zero-order valence-electron chi connectivity index (χ0n) is 13.1. The van der Waals surface area contributed by atoms with Gasteiger partial charge in [0, 0.05) is 17.1 Å². The molecule has 126 valence electrons. The van der Waals surface area contributed by atoms with E-state index in [1.54, 1.807) is 6.92 Å². The van der Waals surface area contributed by atoms with E-state index >= 15 is 0 Å². The van der Waals surface area contributed by atoms with E-state index in [0.29, 0.717) is 15.7 Å². The molecule has 1 amide bonds. The third-order valence-corrected chi connectivity index (χ3v) is 6.96. The van der Waals surface area contributed by atoms with E-state index in [4.69, 9.17) is 0 Å². The van der Waals surface area contributed by atoms with Gasteiger partial charge in [0.2, 0.25) is 0 Å². The fourth-order valence-corrected chi connectivity index (χ4v) is 5.35. The molecule has 1 unspecified atom stereocenters. The molecule has 1 fully saturated rings. The van der Waals surface area contributed by atoms with Crippen LogP contribution in [0.15, 0.2) is 42.5 Å². The van der Waals surface area contributed by atoms with Crippen LogP contribution in [-0.2, 0) is 0 Å². The average Bonchev–Trinajstić information content (AvgIpc) is 3.12.